The van der Waals surface area contributed by atoms with Gasteiger partial charge in [-0.2, -0.15) is 5.26 Å². The van der Waals surface area contributed by atoms with Crippen LogP contribution in [0.15, 0.2) is 18.2 Å². The number of esters is 1. The van der Waals surface area contributed by atoms with E-state index in [0.717, 1.165) is 0 Å². The Labute approximate surface area is 106 Å². The first kappa shape index (κ1) is 14.1. The zero-order valence-corrected chi connectivity index (χ0v) is 10.4. The Balaban J connectivity index is 2.84. The lowest BCUT2D eigenvalue weighted by Gasteiger charge is -2.19. The molecule has 0 saturated heterocycles. The van der Waals surface area contributed by atoms with Gasteiger partial charge in [-0.25, -0.2) is 4.39 Å². The highest BCUT2D eigenvalue weighted by molar-refractivity contribution is 5.71. The van der Waals surface area contributed by atoms with E-state index in [4.69, 9.17) is 5.26 Å². The van der Waals surface area contributed by atoms with Crippen molar-refractivity contribution in [3.05, 3.63) is 35.1 Å². The first-order chi connectivity index (χ1) is 8.60. The van der Waals surface area contributed by atoms with Crippen LogP contribution in [0.3, 0.4) is 0 Å². The normalized spacial score (nSPS) is 10.2. The fraction of sp³-hybridized carbons (Fsp3) is 0.385. The van der Waals surface area contributed by atoms with Gasteiger partial charge >= 0.3 is 5.97 Å². The molecular formula is C13H15FN2O2. The van der Waals surface area contributed by atoms with Crippen molar-refractivity contribution in [2.75, 3.05) is 20.2 Å². The van der Waals surface area contributed by atoms with Crippen LogP contribution in [0.5, 0.6) is 0 Å². The SMILES string of the molecule is CCN(CC(=O)OC)Cc1cc(F)ccc1C#N. The van der Waals surface area contributed by atoms with Crippen molar-refractivity contribution in [2.45, 2.75) is 13.5 Å². The van der Waals surface area contributed by atoms with Gasteiger partial charge in [0.05, 0.1) is 25.3 Å². The Bertz CT molecular complexity index is 469. The van der Waals surface area contributed by atoms with E-state index in [-0.39, 0.29) is 12.5 Å². The van der Waals surface area contributed by atoms with Crippen LogP contribution < -0.4 is 0 Å². The van der Waals surface area contributed by atoms with Gasteiger partial charge in [0.2, 0.25) is 0 Å². The van der Waals surface area contributed by atoms with Crippen molar-refractivity contribution in [1.82, 2.24) is 4.90 Å². The fourth-order valence-corrected chi connectivity index (χ4v) is 1.57. The Hall–Kier alpha value is -1.93. The Morgan fingerprint density at radius 3 is 2.83 bits per heavy atom. The Morgan fingerprint density at radius 2 is 2.28 bits per heavy atom. The van der Waals surface area contributed by atoms with Gasteiger partial charge in [0.15, 0.2) is 0 Å². The highest BCUT2D eigenvalue weighted by Crippen LogP contribution is 2.13. The van der Waals surface area contributed by atoms with E-state index in [1.165, 1.54) is 25.3 Å². The minimum absolute atomic E-state index is 0.119. The fourth-order valence-electron chi connectivity index (χ4n) is 1.57. The summed E-state index contributed by atoms with van der Waals surface area (Å²) < 4.78 is 17.7. The average Bonchev–Trinajstić information content (AvgIpc) is 2.38. The lowest BCUT2D eigenvalue weighted by molar-refractivity contribution is -0.142. The molecule has 0 aromatic heterocycles. The molecule has 0 saturated carbocycles. The van der Waals surface area contributed by atoms with Crippen molar-refractivity contribution < 1.29 is 13.9 Å². The zero-order valence-electron chi connectivity index (χ0n) is 10.4. The second kappa shape index (κ2) is 6.72. The summed E-state index contributed by atoms with van der Waals surface area (Å²) in [6.45, 7) is 2.95. The number of likely N-dealkylation sites (N-methyl/N-ethyl adjacent to an activating group) is 1. The minimum Gasteiger partial charge on any atom is -0.468 e. The second-order valence-corrected chi connectivity index (χ2v) is 3.79. The van der Waals surface area contributed by atoms with E-state index < -0.39 is 5.82 Å². The van der Waals surface area contributed by atoms with Gasteiger partial charge in [0.25, 0.3) is 0 Å². The Morgan fingerprint density at radius 1 is 1.56 bits per heavy atom. The number of nitrogens with zero attached hydrogens (tertiary/aromatic N) is 2. The summed E-state index contributed by atoms with van der Waals surface area (Å²) in [6.07, 6.45) is 0. The van der Waals surface area contributed by atoms with Crippen molar-refractivity contribution in [3.8, 4) is 6.07 Å². The third-order valence-electron chi connectivity index (χ3n) is 2.61. The summed E-state index contributed by atoms with van der Waals surface area (Å²) in [5, 5.41) is 8.94. The van der Waals surface area contributed by atoms with Crippen LogP contribution in [0.1, 0.15) is 18.1 Å². The maximum absolute atomic E-state index is 13.1. The number of methoxy groups -OCH3 is 1. The molecule has 0 radical (unpaired) electrons. The molecule has 0 aliphatic rings. The maximum Gasteiger partial charge on any atom is 0.319 e. The molecule has 0 amide bonds. The van der Waals surface area contributed by atoms with E-state index in [1.54, 1.807) is 4.90 Å². The van der Waals surface area contributed by atoms with Gasteiger partial charge < -0.3 is 4.74 Å². The number of ether oxygens (including phenoxy) is 1. The molecule has 0 unspecified atom stereocenters. The van der Waals surface area contributed by atoms with E-state index in [1.807, 2.05) is 13.0 Å². The van der Waals surface area contributed by atoms with Crippen LogP contribution in [0.2, 0.25) is 0 Å². The van der Waals surface area contributed by atoms with Crippen LogP contribution in [0.25, 0.3) is 0 Å². The minimum atomic E-state index is -0.391. The molecule has 1 aromatic carbocycles. The van der Waals surface area contributed by atoms with Crippen molar-refractivity contribution in [2.24, 2.45) is 0 Å². The molecule has 0 fully saturated rings. The number of nitriles is 1. The van der Waals surface area contributed by atoms with E-state index in [0.29, 0.717) is 24.2 Å². The molecule has 4 nitrogen and oxygen atoms in total. The average molecular weight is 250 g/mol. The standard InChI is InChI=1S/C13H15FN2O2/c1-3-16(9-13(17)18-2)8-11-6-12(14)5-4-10(11)7-15/h4-6H,3,8-9H2,1-2H3. The van der Waals surface area contributed by atoms with Crippen LogP contribution in [0.4, 0.5) is 4.39 Å². The number of hydrogen-bond donors (Lipinski definition) is 0. The molecule has 0 bridgehead atoms. The molecule has 0 aliphatic heterocycles. The molecule has 96 valence electrons. The maximum atomic E-state index is 13.1. The molecule has 18 heavy (non-hydrogen) atoms. The topological polar surface area (TPSA) is 53.3 Å². The number of hydrogen-bond acceptors (Lipinski definition) is 4. The summed E-state index contributed by atoms with van der Waals surface area (Å²) in [6, 6.07) is 6.02. The summed E-state index contributed by atoms with van der Waals surface area (Å²) in [4.78, 5) is 13.0. The van der Waals surface area contributed by atoms with Gasteiger partial charge in [-0.05, 0) is 30.3 Å². The summed E-state index contributed by atoms with van der Waals surface area (Å²) in [5.74, 6) is -0.745. The quantitative estimate of drug-likeness (QED) is 0.746. The highest BCUT2D eigenvalue weighted by Gasteiger charge is 2.12. The lowest BCUT2D eigenvalue weighted by atomic mass is 10.1. The summed E-state index contributed by atoms with van der Waals surface area (Å²) in [7, 11) is 1.32. The number of carbonyl (C=O) groups excluding carboxylic acids is 1. The van der Waals surface area contributed by atoms with Crippen LogP contribution in [0, 0.1) is 17.1 Å². The lowest BCUT2D eigenvalue weighted by Crippen LogP contribution is -2.30. The van der Waals surface area contributed by atoms with E-state index in [9.17, 15) is 9.18 Å². The first-order valence-corrected chi connectivity index (χ1v) is 5.58. The molecule has 0 N–H and O–H groups in total. The molecule has 0 spiro atoms. The van der Waals surface area contributed by atoms with Crippen molar-refractivity contribution in [3.63, 3.8) is 0 Å². The zero-order chi connectivity index (χ0) is 13.5. The molecule has 5 heteroatoms. The number of carbonyl (C=O) groups is 1. The van der Waals surface area contributed by atoms with Gasteiger partial charge in [-0.3, -0.25) is 9.69 Å². The molecule has 0 atom stereocenters. The number of benzene rings is 1. The van der Waals surface area contributed by atoms with Crippen LogP contribution in [-0.2, 0) is 16.1 Å². The monoisotopic (exact) mass is 250 g/mol. The van der Waals surface area contributed by atoms with Gasteiger partial charge in [0, 0.05) is 6.54 Å². The predicted octanol–water partition coefficient (Wildman–Crippen LogP) is 1.69. The summed E-state index contributed by atoms with van der Waals surface area (Å²) >= 11 is 0. The molecule has 0 heterocycles. The van der Waals surface area contributed by atoms with Crippen molar-refractivity contribution >= 4 is 5.97 Å². The predicted molar refractivity (Wildman–Crippen MR) is 64.1 cm³/mol. The largest absolute Gasteiger partial charge is 0.468 e. The molecular weight excluding hydrogens is 235 g/mol. The van der Waals surface area contributed by atoms with Gasteiger partial charge in [0.1, 0.15) is 5.82 Å². The van der Waals surface area contributed by atoms with E-state index >= 15 is 0 Å². The van der Waals surface area contributed by atoms with Gasteiger partial charge in [-0.15, -0.1) is 0 Å². The van der Waals surface area contributed by atoms with Crippen LogP contribution >= 0.6 is 0 Å². The third-order valence-corrected chi connectivity index (χ3v) is 2.61. The summed E-state index contributed by atoms with van der Waals surface area (Å²) in [5.41, 5.74) is 0.989. The highest BCUT2D eigenvalue weighted by atomic mass is 19.1. The van der Waals surface area contributed by atoms with Crippen molar-refractivity contribution in [1.29, 1.82) is 5.26 Å². The molecule has 1 rings (SSSR count). The second-order valence-electron chi connectivity index (χ2n) is 3.79. The van der Waals surface area contributed by atoms with Crippen LogP contribution in [-0.4, -0.2) is 31.1 Å². The number of rotatable bonds is 5. The first-order valence-electron chi connectivity index (χ1n) is 5.58. The van der Waals surface area contributed by atoms with Gasteiger partial charge in [-0.1, -0.05) is 6.92 Å². The number of halogens is 1. The smallest absolute Gasteiger partial charge is 0.319 e. The molecule has 1 aromatic rings. The Kier molecular flexibility index (Phi) is 5.28. The molecule has 0 aliphatic carbocycles. The third kappa shape index (κ3) is 3.82. The van der Waals surface area contributed by atoms with E-state index in [2.05, 4.69) is 4.74 Å².